The van der Waals surface area contributed by atoms with Crippen LogP contribution in [-0.4, -0.2) is 33.5 Å². The second-order valence-corrected chi connectivity index (χ2v) is 8.09. The van der Waals surface area contributed by atoms with Crippen molar-refractivity contribution < 1.29 is 8.42 Å². The maximum Gasteiger partial charge on any atom is 0.241 e. The molecule has 4 N–H and O–H groups in total. The first-order valence-electron chi connectivity index (χ1n) is 6.89. The predicted octanol–water partition coefficient (Wildman–Crippen LogP) is 1.35. The molecule has 1 aromatic heterocycles. The highest BCUT2D eigenvalue weighted by atomic mass is 32.2. The lowest BCUT2D eigenvalue weighted by atomic mass is 10.3. The third kappa shape index (κ3) is 5.64. The van der Waals surface area contributed by atoms with Gasteiger partial charge in [-0.1, -0.05) is 6.92 Å². The number of aryl methyl sites for hydroxylation is 2. The van der Waals surface area contributed by atoms with Crippen LogP contribution >= 0.6 is 11.3 Å². The first kappa shape index (κ1) is 17.9. The van der Waals surface area contributed by atoms with E-state index in [1.54, 1.807) is 13.0 Å². The van der Waals surface area contributed by atoms with Gasteiger partial charge in [0.25, 0.3) is 0 Å². The minimum absolute atomic E-state index is 0.222. The highest BCUT2D eigenvalue weighted by Crippen LogP contribution is 2.24. The first-order valence-corrected chi connectivity index (χ1v) is 9.19. The normalized spacial score (nSPS) is 14.2. The van der Waals surface area contributed by atoms with Crippen LogP contribution < -0.4 is 15.8 Å². The molecular formula is C13H24N4O2S2. The van der Waals surface area contributed by atoms with Crippen LogP contribution in [0.4, 0.5) is 0 Å². The molecule has 1 atom stereocenters. The third-order valence-corrected chi connectivity index (χ3v) is 5.66. The summed E-state index contributed by atoms with van der Waals surface area (Å²) in [5.74, 6) is 0.339. The fourth-order valence-electron chi connectivity index (χ4n) is 1.71. The Morgan fingerprint density at radius 2 is 2.14 bits per heavy atom. The minimum atomic E-state index is -3.47. The lowest BCUT2D eigenvalue weighted by molar-refractivity contribution is 0.581. The standard InChI is InChI=1S/C13H24N4O2S2/c1-5-9(2)17-13(14)15-6-7-16-21(18,19)12-8-10(3)20-11(12)4/h8-9,16H,5-7H2,1-4H3,(H3,14,15,17). The van der Waals surface area contributed by atoms with Crippen LogP contribution in [0.1, 0.15) is 30.0 Å². The van der Waals surface area contributed by atoms with Crippen LogP contribution in [0, 0.1) is 13.8 Å². The van der Waals surface area contributed by atoms with E-state index in [4.69, 9.17) is 5.73 Å². The maximum atomic E-state index is 12.1. The molecule has 0 bridgehead atoms. The highest BCUT2D eigenvalue weighted by Gasteiger charge is 2.18. The molecule has 0 amide bonds. The van der Waals surface area contributed by atoms with E-state index in [1.165, 1.54) is 11.3 Å². The van der Waals surface area contributed by atoms with E-state index in [0.29, 0.717) is 17.4 Å². The first-order chi connectivity index (χ1) is 9.76. The van der Waals surface area contributed by atoms with Crippen molar-refractivity contribution >= 4 is 27.3 Å². The summed E-state index contributed by atoms with van der Waals surface area (Å²) in [6.07, 6.45) is 0.944. The molecule has 0 radical (unpaired) electrons. The summed E-state index contributed by atoms with van der Waals surface area (Å²) >= 11 is 1.47. The third-order valence-electron chi connectivity index (χ3n) is 2.98. The van der Waals surface area contributed by atoms with Crippen molar-refractivity contribution in [1.82, 2.24) is 10.0 Å². The van der Waals surface area contributed by atoms with Crippen LogP contribution in [-0.2, 0) is 10.0 Å². The van der Waals surface area contributed by atoms with Crippen LogP contribution in [0.5, 0.6) is 0 Å². The number of hydrogen-bond acceptors (Lipinski definition) is 4. The largest absolute Gasteiger partial charge is 0.370 e. The van der Waals surface area contributed by atoms with Crippen molar-refractivity contribution in [3.63, 3.8) is 0 Å². The van der Waals surface area contributed by atoms with E-state index < -0.39 is 10.0 Å². The zero-order valence-corrected chi connectivity index (χ0v) is 14.6. The molecule has 0 saturated carbocycles. The second kappa shape index (κ2) is 7.77. The number of thiophene rings is 1. The van der Waals surface area contributed by atoms with E-state index in [9.17, 15) is 8.42 Å². The fourth-order valence-corrected chi connectivity index (χ4v) is 4.28. The molecule has 8 heteroatoms. The molecule has 1 aromatic rings. The summed E-state index contributed by atoms with van der Waals surface area (Å²) in [6.45, 7) is 8.27. The number of guanidine groups is 1. The van der Waals surface area contributed by atoms with Gasteiger partial charge in [0.1, 0.15) is 0 Å². The topological polar surface area (TPSA) is 96.6 Å². The number of hydrogen-bond donors (Lipinski definition) is 3. The smallest absolute Gasteiger partial charge is 0.241 e. The molecule has 21 heavy (non-hydrogen) atoms. The highest BCUT2D eigenvalue weighted by molar-refractivity contribution is 7.89. The van der Waals surface area contributed by atoms with E-state index in [1.807, 2.05) is 20.8 Å². The molecule has 1 rings (SSSR count). The Kier molecular flexibility index (Phi) is 6.63. The Hall–Kier alpha value is -1.12. The zero-order chi connectivity index (χ0) is 16.0. The Labute approximate surface area is 130 Å². The summed E-state index contributed by atoms with van der Waals surface area (Å²) in [6, 6.07) is 1.94. The molecule has 0 spiro atoms. The summed E-state index contributed by atoms with van der Waals surface area (Å²) in [7, 11) is -3.47. The van der Waals surface area contributed by atoms with Gasteiger partial charge in [-0.05, 0) is 33.3 Å². The summed E-state index contributed by atoms with van der Waals surface area (Å²) in [4.78, 5) is 6.21. The van der Waals surface area contributed by atoms with Gasteiger partial charge < -0.3 is 11.1 Å². The average Bonchev–Trinajstić information content (AvgIpc) is 2.74. The van der Waals surface area contributed by atoms with Gasteiger partial charge in [0, 0.05) is 22.3 Å². The number of rotatable bonds is 7. The molecule has 0 aliphatic carbocycles. The second-order valence-electron chi connectivity index (χ2n) is 4.90. The number of nitrogens with zero attached hydrogens (tertiary/aromatic N) is 1. The van der Waals surface area contributed by atoms with Crippen LogP contribution in [0.15, 0.2) is 16.0 Å². The fraction of sp³-hybridized carbons (Fsp3) is 0.615. The molecule has 6 nitrogen and oxygen atoms in total. The summed E-state index contributed by atoms with van der Waals surface area (Å²) < 4.78 is 26.8. The van der Waals surface area contributed by atoms with E-state index >= 15 is 0 Å². The number of aliphatic imine (C=N–C) groups is 1. The quantitative estimate of drug-likeness (QED) is 0.399. The Morgan fingerprint density at radius 3 is 2.67 bits per heavy atom. The van der Waals surface area contributed by atoms with Gasteiger partial charge in [0.15, 0.2) is 5.96 Å². The Bertz CT molecular complexity index is 593. The molecule has 1 heterocycles. The maximum absolute atomic E-state index is 12.1. The average molecular weight is 332 g/mol. The van der Waals surface area contributed by atoms with Crippen molar-refractivity contribution in [3.8, 4) is 0 Å². The molecule has 0 fully saturated rings. The van der Waals surface area contributed by atoms with Crippen molar-refractivity contribution in [2.75, 3.05) is 13.1 Å². The minimum Gasteiger partial charge on any atom is -0.370 e. The monoisotopic (exact) mass is 332 g/mol. The van der Waals surface area contributed by atoms with Gasteiger partial charge in [-0.2, -0.15) is 0 Å². The van der Waals surface area contributed by atoms with Crippen molar-refractivity contribution in [2.24, 2.45) is 10.7 Å². The van der Waals surface area contributed by atoms with Crippen LogP contribution in [0.25, 0.3) is 0 Å². The number of nitrogens with two attached hydrogens (primary N) is 1. The number of sulfonamides is 1. The van der Waals surface area contributed by atoms with Crippen LogP contribution in [0.2, 0.25) is 0 Å². The molecule has 120 valence electrons. The Morgan fingerprint density at radius 1 is 1.48 bits per heavy atom. The lowest BCUT2D eigenvalue weighted by Crippen LogP contribution is -2.38. The van der Waals surface area contributed by atoms with Gasteiger partial charge in [0.2, 0.25) is 10.0 Å². The molecule has 0 saturated heterocycles. The van der Waals surface area contributed by atoms with Crippen molar-refractivity contribution in [2.45, 2.75) is 45.1 Å². The zero-order valence-electron chi connectivity index (χ0n) is 12.9. The predicted molar refractivity (Wildman–Crippen MR) is 88.4 cm³/mol. The van der Waals surface area contributed by atoms with Gasteiger partial charge in [-0.3, -0.25) is 4.99 Å². The summed E-state index contributed by atoms with van der Waals surface area (Å²) in [5, 5.41) is 3.02. The molecule has 0 aromatic carbocycles. The summed E-state index contributed by atoms with van der Waals surface area (Å²) in [5.41, 5.74) is 5.70. The molecule has 0 aliphatic rings. The Balaban J connectivity index is 2.52. The van der Waals surface area contributed by atoms with Crippen molar-refractivity contribution in [3.05, 3.63) is 15.8 Å². The molecule has 0 aliphatic heterocycles. The molecular weight excluding hydrogens is 308 g/mol. The van der Waals surface area contributed by atoms with E-state index in [-0.39, 0.29) is 12.6 Å². The van der Waals surface area contributed by atoms with Crippen molar-refractivity contribution in [1.29, 1.82) is 0 Å². The van der Waals surface area contributed by atoms with Crippen LogP contribution in [0.3, 0.4) is 0 Å². The van der Waals surface area contributed by atoms with E-state index in [2.05, 4.69) is 15.0 Å². The van der Waals surface area contributed by atoms with E-state index in [0.717, 1.165) is 16.2 Å². The number of nitrogens with one attached hydrogen (secondary N) is 2. The van der Waals surface area contributed by atoms with Gasteiger partial charge in [-0.15, -0.1) is 11.3 Å². The van der Waals surface area contributed by atoms with Gasteiger partial charge in [-0.25, -0.2) is 13.1 Å². The van der Waals surface area contributed by atoms with Gasteiger partial charge >= 0.3 is 0 Å². The lowest BCUT2D eigenvalue weighted by Gasteiger charge is -2.11. The molecule has 1 unspecified atom stereocenters. The van der Waals surface area contributed by atoms with Gasteiger partial charge in [0.05, 0.1) is 11.4 Å². The SMILES string of the molecule is CCC(C)NC(N)=NCCNS(=O)(=O)c1cc(C)sc1C.